The molecule has 0 saturated carbocycles. The van der Waals surface area contributed by atoms with Gasteiger partial charge in [0, 0.05) is 11.4 Å². The van der Waals surface area contributed by atoms with Crippen molar-refractivity contribution in [3.63, 3.8) is 0 Å². The molecule has 3 aromatic rings. The monoisotopic (exact) mass is 341 g/mol. The summed E-state index contributed by atoms with van der Waals surface area (Å²) in [6.45, 7) is 3.71. The third kappa shape index (κ3) is 2.17. The molecule has 0 N–H and O–H groups in total. The van der Waals surface area contributed by atoms with Crippen LogP contribution in [0.15, 0.2) is 40.1 Å². The summed E-state index contributed by atoms with van der Waals surface area (Å²) in [4.78, 5) is 5.13. The molecule has 0 unspecified atom stereocenters. The molecule has 5 nitrogen and oxygen atoms in total. The second-order valence-corrected chi connectivity index (χ2v) is 8.18. The Kier molecular flexibility index (Phi) is 3.46. The van der Waals surface area contributed by atoms with Gasteiger partial charge in [-0.25, -0.2) is 17.9 Å². The van der Waals surface area contributed by atoms with E-state index in [1.807, 2.05) is 6.92 Å². The van der Waals surface area contributed by atoms with Crippen molar-refractivity contribution >= 4 is 15.5 Å². The first-order valence-electron chi connectivity index (χ1n) is 8.18. The van der Waals surface area contributed by atoms with Crippen LogP contribution in [0.25, 0.3) is 5.65 Å². The van der Waals surface area contributed by atoms with Crippen molar-refractivity contribution in [2.45, 2.75) is 49.3 Å². The molecule has 1 aromatic carbocycles. The SMILES string of the molecule is Cc1nc2c(S(=O)(=O)c3ccccc3)c(C)nn2c2c1CCCC2. The van der Waals surface area contributed by atoms with Crippen molar-refractivity contribution < 1.29 is 8.42 Å². The zero-order chi connectivity index (χ0) is 16.9. The van der Waals surface area contributed by atoms with Gasteiger partial charge in [-0.1, -0.05) is 18.2 Å². The van der Waals surface area contributed by atoms with Gasteiger partial charge >= 0.3 is 0 Å². The number of sulfone groups is 1. The highest BCUT2D eigenvalue weighted by Gasteiger charge is 2.29. The van der Waals surface area contributed by atoms with Gasteiger partial charge in [-0.3, -0.25) is 0 Å². The van der Waals surface area contributed by atoms with E-state index in [2.05, 4.69) is 10.1 Å². The first kappa shape index (κ1) is 15.3. The van der Waals surface area contributed by atoms with E-state index in [0.29, 0.717) is 11.3 Å². The predicted molar refractivity (Wildman–Crippen MR) is 91.0 cm³/mol. The highest BCUT2D eigenvalue weighted by atomic mass is 32.2. The van der Waals surface area contributed by atoms with E-state index in [4.69, 9.17) is 0 Å². The number of aryl methyl sites for hydroxylation is 3. The Labute approximate surface area is 141 Å². The zero-order valence-electron chi connectivity index (χ0n) is 13.8. The Balaban J connectivity index is 2.04. The van der Waals surface area contributed by atoms with Gasteiger partial charge in [0.1, 0.15) is 4.90 Å². The minimum atomic E-state index is -3.64. The van der Waals surface area contributed by atoms with Crippen molar-refractivity contribution in [1.82, 2.24) is 14.6 Å². The fourth-order valence-corrected chi connectivity index (χ4v) is 5.11. The van der Waals surface area contributed by atoms with Gasteiger partial charge in [0.15, 0.2) is 5.65 Å². The fraction of sp³-hybridized carbons (Fsp3) is 0.333. The van der Waals surface area contributed by atoms with E-state index in [1.165, 1.54) is 5.56 Å². The average Bonchev–Trinajstić information content (AvgIpc) is 2.93. The molecule has 6 heteroatoms. The molecule has 0 bridgehead atoms. The standard InChI is InChI=1S/C18H19N3O2S/c1-12-15-10-6-7-11-16(15)21-18(19-12)17(13(2)20-21)24(22,23)14-8-4-3-5-9-14/h3-5,8-9H,6-7,10-11H2,1-2H3. The van der Waals surface area contributed by atoms with Gasteiger partial charge in [-0.2, -0.15) is 5.10 Å². The Morgan fingerprint density at radius 1 is 1.00 bits per heavy atom. The van der Waals surface area contributed by atoms with E-state index in [0.717, 1.165) is 37.1 Å². The van der Waals surface area contributed by atoms with Crippen molar-refractivity contribution in [2.24, 2.45) is 0 Å². The molecule has 124 valence electrons. The number of hydrogen-bond acceptors (Lipinski definition) is 4. The molecule has 0 fully saturated rings. The average molecular weight is 341 g/mol. The topological polar surface area (TPSA) is 64.3 Å². The number of hydrogen-bond donors (Lipinski definition) is 0. The van der Waals surface area contributed by atoms with E-state index in [1.54, 1.807) is 41.8 Å². The molecule has 2 aromatic heterocycles. The third-order valence-corrected chi connectivity index (χ3v) is 6.62. The summed E-state index contributed by atoms with van der Waals surface area (Å²) in [5.74, 6) is 0. The Morgan fingerprint density at radius 2 is 1.71 bits per heavy atom. The van der Waals surface area contributed by atoms with Crippen LogP contribution in [0, 0.1) is 13.8 Å². The summed E-state index contributed by atoms with van der Waals surface area (Å²) in [6, 6.07) is 8.50. The minimum Gasteiger partial charge on any atom is -0.232 e. The molecule has 24 heavy (non-hydrogen) atoms. The van der Waals surface area contributed by atoms with Crippen molar-refractivity contribution in [1.29, 1.82) is 0 Å². The molecule has 0 amide bonds. The van der Waals surface area contributed by atoms with Crippen LogP contribution in [0.2, 0.25) is 0 Å². The molecule has 1 aliphatic carbocycles. The number of aromatic nitrogens is 3. The maximum absolute atomic E-state index is 13.1. The lowest BCUT2D eigenvalue weighted by Crippen LogP contribution is -2.13. The predicted octanol–water partition coefficient (Wildman–Crippen LogP) is 3.06. The largest absolute Gasteiger partial charge is 0.232 e. The Hall–Kier alpha value is -2.21. The van der Waals surface area contributed by atoms with Crippen LogP contribution in [-0.2, 0) is 22.7 Å². The summed E-state index contributed by atoms with van der Waals surface area (Å²) in [6.07, 6.45) is 4.16. The first-order valence-corrected chi connectivity index (χ1v) is 9.66. The minimum absolute atomic E-state index is 0.227. The fourth-order valence-electron chi connectivity index (χ4n) is 3.56. The van der Waals surface area contributed by atoms with Crippen LogP contribution in [0.3, 0.4) is 0 Å². The number of nitrogens with zero attached hydrogens (tertiary/aromatic N) is 3. The highest BCUT2D eigenvalue weighted by molar-refractivity contribution is 7.91. The molecule has 0 spiro atoms. The van der Waals surface area contributed by atoms with Gasteiger partial charge in [0.25, 0.3) is 0 Å². The van der Waals surface area contributed by atoms with Crippen LogP contribution >= 0.6 is 0 Å². The third-order valence-electron chi connectivity index (χ3n) is 4.71. The highest BCUT2D eigenvalue weighted by Crippen LogP contribution is 2.31. The molecular formula is C18H19N3O2S. The Morgan fingerprint density at radius 3 is 2.46 bits per heavy atom. The molecule has 4 rings (SSSR count). The molecule has 0 atom stereocenters. The summed E-state index contributed by atoms with van der Waals surface area (Å²) in [7, 11) is -3.64. The number of fused-ring (bicyclic) bond motifs is 3. The maximum Gasteiger partial charge on any atom is 0.212 e. The lowest BCUT2D eigenvalue weighted by molar-refractivity contribution is 0.596. The molecule has 2 heterocycles. The lowest BCUT2D eigenvalue weighted by Gasteiger charge is -2.18. The van der Waals surface area contributed by atoms with Gasteiger partial charge in [-0.15, -0.1) is 0 Å². The van der Waals surface area contributed by atoms with Crippen LogP contribution < -0.4 is 0 Å². The van der Waals surface area contributed by atoms with Crippen molar-refractivity contribution in [3.8, 4) is 0 Å². The quantitative estimate of drug-likeness (QED) is 0.718. The van der Waals surface area contributed by atoms with E-state index >= 15 is 0 Å². The summed E-state index contributed by atoms with van der Waals surface area (Å²) >= 11 is 0. The van der Waals surface area contributed by atoms with Crippen molar-refractivity contribution in [2.75, 3.05) is 0 Å². The van der Waals surface area contributed by atoms with Crippen LogP contribution in [0.4, 0.5) is 0 Å². The van der Waals surface area contributed by atoms with Gasteiger partial charge < -0.3 is 0 Å². The molecule has 0 aliphatic heterocycles. The van der Waals surface area contributed by atoms with Crippen LogP contribution in [0.5, 0.6) is 0 Å². The lowest BCUT2D eigenvalue weighted by atomic mass is 9.95. The smallest absolute Gasteiger partial charge is 0.212 e. The molecule has 0 saturated heterocycles. The van der Waals surface area contributed by atoms with E-state index in [-0.39, 0.29) is 9.79 Å². The second kappa shape index (κ2) is 5.41. The number of benzene rings is 1. The van der Waals surface area contributed by atoms with Crippen molar-refractivity contribution in [3.05, 3.63) is 53.0 Å². The van der Waals surface area contributed by atoms with E-state index < -0.39 is 9.84 Å². The zero-order valence-corrected chi connectivity index (χ0v) is 14.6. The maximum atomic E-state index is 13.1. The Bertz CT molecular complexity index is 1040. The van der Waals surface area contributed by atoms with Gasteiger partial charge in [0.2, 0.25) is 9.84 Å². The van der Waals surface area contributed by atoms with Gasteiger partial charge in [0.05, 0.1) is 10.6 Å². The second-order valence-electron chi connectivity index (χ2n) is 6.30. The molecule has 0 radical (unpaired) electrons. The summed E-state index contributed by atoms with van der Waals surface area (Å²) in [5.41, 5.74) is 4.21. The normalized spacial score (nSPS) is 14.8. The van der Waals surface area contributed by atoms with Crippen LogP contribution in [-0.4, -0.2) is 23.0 Å². The molecular weight excluding hydrogens is 322 g/mol. The van der Waals surface area contributed by atoms with Gasteiger partial charge in [-0.05, 0) is 57.2 Å². The first-order chi connectivity index (χ1) is 11.5. The number of rotatable bonds is 2. The summed E-state index contributed by atoms with van der Waals surface area (Å²) in [5, 5.41) is 4.53. The summed E-state index contributed by atoms with van der Waals surface area (Å²) < 4.78 is 28.0. The molecule has 1 aliphatic rings. The van der Waals surface area contributed by atoms with E-state index in [9.17, 15) is 8.42 Å². The van der Waals surface area contributed by atoms with Crippen LogP contribution in [0.1, 0.15) is 35.5 Å².